The van der Waals surface area contributed by atoms with Gasteiger partial charge < -0.3 is 10.1 Å². The van der Waals surface area contributed by atoms with E-state index in [-0.39, 0.29) is 5.60 Å². The molecule has 0 atom stereocenters. The monoisotopic (exact) mass is 255 g/mol. The van der Waals surface area contributed by atoms with Gasteiger partial charge in [0, 0.05) is 12.6 Å². The number of hydrogen-bond donors (Lipinski definition) is 1. The van der Waals surface area contributed by atoms with Crippen molar-refractivity contribution in [3.63, 3.8) is 0 Å². The van der Waals surface area contributed by atoms with Gasteiger partial charge in [-0.2, -0.15) is 0 Å². The fourth-order valence-electron chi connectivity index (χ4n) is 3.06. The van der Waals surface area contributed by atoms with E-state index in [1.54, 1.807) is 0 Å². The molecule has 108 valence electrons. The lowest BCUT2D eigenvalue weighted by Gasteiger charge is -2.43. The molecule has 1 N–H and O–H groups in total. The molecule has 0 heterocycles. The molecule has 18 heavy (non-hydrogen) atoms. The van der Waals surface area contributed by atoms with Crippen molar-refractivity contribution in [2.75, 3.05) is 6.54 Å². The Labute approximate surface area is 114 Å². The first kappa shape index (κ1) is 16.0. The Balaban J connectivity index is 2.57. The van der Waals surface area contributed by atoms with Crippen LogP contribution in [0.25, 0.3) is 0 Å². The van der Waals surface area contributed by atoms with Crippen LogP contribution in [0, 0.1) is 11.8 Å². The van der Waals surface area contributed by atoms with Crippen LogP contribution in [0.15, 0.2) is 0 Å². The van der Waals surface area contributed by atoms with Gasteiger partial charge in [-0.1, -0.05) is 27.7 Å². The minimum absolute atomic E-state index is 0.0871. The van der Waals surface area contributed by atoms with Crippen LogP contribution in [-0.4, -0.2) is 24.3 Å². The lowest BCUT2D eigenvalue weighted by Crippen LogP contribution is -2.49. The second-order valence-corrected chi connectivity index (χ2v) is 6.97. The summed E-state index contributed by atoms with van der Waals surface area (Å²) in [6.45, 7) is 14.5. The smallest absolute Gasteiger partial charge is 0.0810 e. The Kier molecular flexibility index (Phi) is 6.13. The van der Waals surface area contributed by atoms with Gasteiger partial charge >= 0.3 is 0 Å². The predicted molar refractivity (Wildman–Crippen MR) is 78.9 cm³/mol. The first-order valence-electron chi connectivity index (χ1n) is 7.76. The van der Waals surface area contributed by atoms with E-state index in [0.29, 0.717) is 12.1 Å². The Morgan fingerprint density at radius 3 is 2.00 bits per heavy atom. The number of nitrogens with one attached hydrogen (secondary N) is 1. The van der Waals surface area contributed by atoms with Gasteiger partial charge in [0.15, 0.2) is 0 Å². The van der Waals surface area contributed by atoms with Crippen molar-refractivity contribution < 1.29 is 4.74 Å². The van der Waals surface area contributed by atoms with Gasteiger partial charge in [-0.05, 0) is 51.4 Å². The molecule has 2 nitrogen and oxygen atoms in total. The molecule has 0 amide bonds. The van der Waals surface area contributed by atoms with Gasteiger partial charge in [0.25, 0.3) is 0 Å². The quantitative estimate of drug-likeness (QED) is 0.774. The van der Waals surface area contributed by atoms with Crippen LogP contribution in [0.4, 0.5) is 0 Å². The van der Waals surface area contributed by atoms with Crippen molar-refractivity contribution in [1.82, 2.24) is 5.32 Å². The lowest BCUT2D eigenvalue weighted by molar-refractivity contribution is -0.109. The topological polar surface area (TPSA) is 21.3 Å². The second-order valence-electron chi connectivity index (χ2n) is 6.97. The fourth-order valence-corrected chi connectivity index (χ4v) is 3.06. The van der Waals surface area contributed by atoms with Gasteiger partial charge in [0.2, 0.25) is 0 Å². The maximum atomic E-state index is 6.29. The first-order valence-corrected chi connectivity index (χ1v) is 7.76. The summed E-state index contributed by atoms with van der Waals surface area (Å²) < 4.78 is 6.29. The summed E-state index contributed by atoms with van der Waals surface area (Å²) in [5, 5.41) is 3.58. The summed E-state index contributed by atoms with van der Waals surface area (Å²) in [6, 6.07) is 0.542. The minimum atomic E-state index is 0.0871. The van der Waals surface area contributed by atoms with Crippen LogP contribution in [-0.2, 0) is 4.74 Å². The lowest BCUT2D eigenvalue weighted by atomic mass is 9.74. The molecule has 0 spiro atoms. The molecule has 0 aromatic carbocycles. The number of ether oxygens (including phenoxy) is 1. The Morgan fingerprint density at radius 1 is 1.06 bits per heavy atom. The standard InChI is InChI=1S/C16H33NO/c1-12(2)15-7-9-16(10-8-15,18-14(5)6)11-17-13(3)4/h12-15,17H,7-11H2,1-6H3. The molecule has 1 saturated carbocycles. The summed E-state index contributed by atoms with van der Waals surface area (Å²) in [4.78, 5) is 0. The number of rotatable bonds is 6. The fraction of sp³-hybridized carbons (Fsp3) is 1.00. The zero-order chi connectivity index (χ0) is 13.8. The van der Waals surface area contributed by atoms with Crippen LogP contribution in [0.2, 0.25) is 0 Å². The molecule has 0 aromatic heterocycles. The average Bonchev–Trinajstić information content (AvgIpc) is 2.26. The predicted octanol–water partition coefficient (Wildman–Crippen LogP) is 3.99. The third kappa shape index (κ3) is 4.89. The molecule has 0 saturated heterocycles. The molecule has 0 aromatic rings. The Morgan fingerprint density at radius 2 is 1.61 bits per heavy atom. The van der Waals surface area contributed by atoms with E-state index >= 15 is 0 Å². The molecule has 0 unspecified atom stereocenters. The van der Waals surface area contributed by atoms with Gasteiger partial charge in [0.1, 0.15) is 0 Å². The maximum Gasteiger partial charge on any atom is 0.0810 e. The highest BCUT2D eigenvalue weighted by molar-refractivity contribution is 4.91. The van der Waals surface area contributed by atoms with Crippen LogP contribution < -0.4 is 5.32 Å². The van der Waals surface area contributed by atoms with E-state index < -0.39 is 0 Å². The summed E-state index contributed by atoms with van der Waals surface area (Å²) in [5.41, 5.74) is 0.0871. The molecular weight excluding hydrogens is 222 g/mol. The highest BCUT2D eigenvalue weighted by Gasteiger charge is 2.37. The molecule has 2 heteroatoms. The highest BCUT2D eigenvalue weighted by atomic mass is 16.5. The summed E-state index contributed by atoms with van der Waals surface area (Å²) >= 11 is 0. The average molecular weight is 255 g/mol. The van der Waals surface area contributed by atoms with Crippen molar-refractivity contribution in [2.24, 2.45) is 11.8 Å². The zero-order valence-electron chi connectivity index (χ0n) is 13.3. The SMILES string of the molecule is CC(C)NCC1(OC(C)C)CCC(C(C)C)CC1. The van der Waals surface area contributed by atoms with Gasteiger partial charge in [-0.15, -0.1) is 0 Å². The van der Waals surface area contributed by atoms with E-state index in [1.807, 2.05) is 0 Å². The van der Waals surface area contributed by atoms with Crippen LogP contribution in [0.5, 0.6) is 0 Å². The zero-order valence-corrected chi connectivity index (χ0v) is 13.3. The molecule has 1 aliphatic rings. The van der Waals surface area contributed by atoms with Crippen molar-refractivity contribution in [3.05, 3.63) is 0 Å². The molecule has 0 aliphatic heterocycles. The highest BCUT2D eigenvalue weighted by Crippen LogP contribution is 2.38. The second kappa shape index (κ2) is 6.91. The van der Waals surface area contributed by atoms with E-state index in [9.17, 15) is 0 Å². The summed E-state index contributed by atoms with van der Waals surface area (Å²) in [6.07, 6.45) is 5.41. The first-order chi connectivity index (χ1) is 8.34. The Bertz CT molecular complexity index is 227. The molecule has 1 fully saturated rings. The van der Waals surface area contributed by atoms with E-state index in [4.69, 9.17) is 4.74 Å². The molecule has 1 rings (SSSR count). The van der Waals surface area contributed by atoms with Crippen molar-refractivity contribution in [2.45, 2.75) is 85.0 Å². The third-order valence-corrected chi connectivity index (χ3v) is 4.20. The van der Waals surface area contributed by atoms with Gasteiger partial charge in [-0.3, -0.25) is 0 Å². The van der Waals surface area contributed by atoms with Crippen LogP contribution in [0.3, 0.4) is 0 Å². The van der Waals surface area contributed by atoms with E-state index in [0.717, 1.165) is 18.4 Å². The third-order valence-electron chi connectivity index (χ3n) is 4.20. The molecular formula is C16H33NO. The van der Waals surface area contributed by atoms with Crippen LogP contribution >= 0.6 is 0 Å². The molecule has 0 radical (unpaired) electrons. The van der Waals surface area contributed by atoms with Crippen molar-refractivity contribution in [1.29, 1.82) is 0 Å². The van der Waals surface area contributed by atoms with Gasteiger partial charge in [-0.25, -0.2) is 0 Å². The Hall–Kier alpha value is -0.0800. The van der Waals surface area contributed by atoms with Crippen molar-refractivity contribution in [3.8, 4) is 0 Å². The summed E-state index contributed by atoms with van der Waals surface area (Å²) in [7, 11) is 0. The molecule has 0 bridgehead atoms. The van der Waals surface area contributed by atoms with Gasteiger partial charge in [0.05, 0.1) is 11.7 Å². The minimum Gasteiger partial charge on any atom is -0.371 e. The largest absolute Gasteiger partial charge is 0.371 e. The molecule has 1 aliphatic carbocycles. The van der Waals surface area contributed by atoms with E-state index in [2.05, 4.69) is 46.9 Å². The maximum absolute atomic E-state index is 6.29. The van der Waals surface area contributed by atoms with Crippen LogP contribution in [0.1, 0.15) is 67.2 Å². The van der Waals surface area contributed by atoms with Crippen molar-refractivity contribution >= 4 is 0 Å². The normalized spacial score (nSPS) is 29.5. The van der Waals surface area contributed by atoms with E-state index in [1.165, 1.54) is 25.7 Å². The number of hydrogen-bond acceptors (Lipinski definition) is 2. The summed E-state index contributed by atoms with van der Waals surface area (Å²) in [5.74, 6) is 1.72.